The van der Waals surface area contributed by atoms with E-state index in [-0.39, 0.29) is 29.9 Å². The maximum absolute atomic E-state index is 13.4. The van der Waals surface area contributed by atoms with E-state index in [0.717, 1.165) is 5.82 Å². The standard InChI is InChI=1S/C31H31O10P/c1-3-37-42(35,38-4-2)21-20-31(41-29(34)25-18-12-7-13-19-25)22-36-30(40-28(33)24-16-10-6-11-17-24)26(31)39-27(32)23-14-8-5-9-15-23/h5-21,26,30H,3-4,22H2,1-2H3/b21-20+/t26-,30+,31+/m0/s1. The molecular weight excluding hydrogens is 563 g/mol. The number of benzene rings is 3. The van der Waals surface area contributed by atoms with Gasteiger partial charge in [-0.1, -0.05) is 54.6 Å². The van der Waals surface area contributed by atoms with E-state index in [0.29, 0.717) is 0 Å². The van der Waals surface area contributed by atoms with Crippen molar-refractivity contribution in [1.29, 1.82) is 0 Å². The second-order valence-corrected chi connectivity index (χ2v) is 10.9. The largest absolute Gasteiger partial charge is 0.447 e. The molecule has 1 aliphatic rings. The number of esters is 3. The molecule has 0 amide bonds. The summed E-state index contributed by atoms with van der Waals surface area (Å²) in [6.07, 6.45) is -1.77. The summed E-state index contributed by atoms with van der Waals surface area (Å²) in [5.74, 6) is -1.21. The molecule has 3 atom stereocenters. The zero-order valence-corrected chi connectivity index (χ0v) is 24.0. The smallest absolute Gasteiger partial charge is 0.353 e. The number of carbonyl (C=O) groups is 3. The van der Waals surface area contributed by atoms with E-state index in [1.54, 1.807) is 92.7 Å². The van der Waals surface area contributed by atoms with E-state index in [1.165, 1.54) is 18.2 Å². The van der Waals surface area contributed by atoms with Crippen molar-refractivity contribution < 1.29 is 46.9 Å². The van der Waals surface area contributed by atoms with E-state index in [1.807, 2.05) is 0 Å². The summed E-state index contributed by atoms with van der Waals surface area (Å²) >= 11 is 0. The fraction of sp³-hybridized carbons (Fsp3) is 0.258. The lowest BCUT2D eigenvalue weighted by Crippen LogP contribution is -2.49. The molecule has 3 aromatic rings. The van der Waals surface area contributed by atoms with Crippen molar-refractivity contribution in [2.24, 2.45) is 0 Å². The molecule has 1 saturated heterocycles. The monoisotopic (exact) mass is 594 g/mol. The number of hydrogen-bond acceptors (Lipinski definition) is 10. The maximum atomic E-state index is 13.4. The Bertz CT molecular complexity index is 1420. The molecule has 0 aliphatic carbocycles. The van der Waals surface area contributed by atoms with Gasteiger partial charge in [-0.15, -0.1) is 0 Å². The Balaban J connectivity index is 1.76. The molecule has 10 nitrogen and oxygen atoms in total. The highest BCUT2D eigenvalue weighted by atomic mass is 31.2. The van der Waals surface area contributed by atoms with Crippen LogP contribution < -0.4 is 0 Å². The van der Waals surface area contributed by atoms with Gasteiger partial charge in [0.2, 0.25) is 12.4 Å². The minimum absolute atomic E-state index is 0.0681. The van der Waals surface area contributed by atoms with Gasteiger partial charge in [0.05, 0.1) is 36.5 Å². The highest BCUT2D eigenvalue weighted by Crippen LogP contribution is 2.51. The van der Waals surface area contributed by atoms with Gasteiger partial charge in [0.25, 0.3) is 0 Å². The topological polar surface area (TPSA) is 124 Å². The van der Waals surface area contributed by atoms with Crippen LogP contribution in [0, 0.1) is 0 Å². The Morgan fingerprint density at radius 2 is 1.21 bits per heavy atom. The Kier molecular flexibility index (Phi) is 10.4. The summed E-state index contributed by atoms with van der Waals surface area (Å²) in [7, 11) is -3.82. The molecule has 42 heavy (non-hydrogen) atoms. The molecule has 0 unspecified atom stereocenters. The van der Waals surface area contributed by atoms with Gasteiger partial charge in [0.15, 0.2) is 5.60 Å². The molecule has 0 radical (unpaired) electrons. The molecule has 0 saturated carbocycles. The van der Waals surface area contributed by atoms with E-state index < -0.39 is 50.1 Å². The Morgan fingerprint density at radius 3 is 1.69 bits per heavy atom. The molecule has 0 aromatic heterocycles. The normalized spacial score (nSPS) is 20.2. The number of carbonyl (C=O) groups excluding carboxylic acids is 3. The van der Waals surface area contributed by atoms with Crippen molar-refractivity contribution in [2.75, 3.05) is 19.8 Å². The first-order chi connectivity index (χ1) is 20.3. The van der Waals surface area contributed by atoms with E-state index in [2.05, 4.69) is 0 Å². The van der Waals surface area contributed by atoms with Crippen LogP contribution in [-0.4, -0.2) is 55.7 Å². The molecule has 0 bridgehead atoms. The second kappa shape index (κ2) is 14.2. The van der Waals surface area contributed by atoms with Crippen LogP contribution in [0.2, 0.25) is 0 Å². The molecule has 0 spiro atoms. The van der Waals surface area contributed by atoms with Gasteiger partial charge in [0.1, 0.15) is 0 Å². The van der Waals surface area contributed by atoms with Crippen LogP contribution in [0.25, 0.3) is 0 Å². The summed E-state index contributed by atoms with van der Waals surface area (Å²) < 4.78 is 47.3. The summed E-state index contributed by atoms with van der Waals surface area (Å²) in [5, 5.41) is 0. The lowest BCUT2D eigenvalue weighted by molar-refractivity contribution is -0.129. The van der Waals surface area contributed by atoms with Crippen molar-refractivity contribution in [1.82, 2.24) is 0 Å². The summed E-state index contributed by atoms with van der Waals surface area (Å²) in [6.45, 7) is 3.01. The quantitative estimate of drug-likeness (QED) is 0.144. The Labute approximate surface area is 243 Å². The highest BCUT2D eigenvalue weighted by molar-refractivity contribution is 7.57. The van der Waals surface area contributed by atoms with Gasteiger partial charge in [-0.3, -0.25) is 4.57 Å². The number of hydrogen-bond donors (Lipinski definition) is 0. The minimum atomic E-state index is -3.82. The summed E-state index contributed by atoms with van der Waals surface area (Å²) in [4.78, 5) is 39.6. The van der Waals surface area contributed by atoms with Crippen molar-refractivity contribution in [3.8, 4) is 0 Å². The lowest BCUT2D eigenvalue weighted by atomic mass is 9.98. The van der Waals surface area contributed by atoms with Crippen LogP contribution in [0.15, 0.2) is 103 Å². The molecule has 1 heterocycles. The molecule has 4 rings (SSSR count). The third-order valence-corrected chi connectivity index (χ3v) is 7.88. The average Bonchev–Trinajstić information content (AvgIpc) is 3.33. The molecule has 3 aromatic carbocycles. The first-order valence-electron chi connectivity index (χ1n) is 13.3. The first-order valence-corrected chi connectivity index (χ1v) is 14.9. The van der Waals surface area contributed by atoms with E-state index >= 15 is 0 Å². The van der Waals surface area contributed by atoms with Crippen molar-refractivity contribution >= 4 is 25.5 Å². The van der Waals surface area contributed by atoms with Crippen LogP contribution >= 0.6 is 7.60 Å². The van der Waals surface area contributed by atoms with Crippen LogP contribution in [0.5, 0.6) is 0 Å². The van der Waals surface area contributed by atoms with Gasteiger partial charge in [-0.25, -0.2) is 14.4 Å². The van der Waals surface area contributed by atoms with Crippen LogP contribution in [0.3, 0.4) is 0 Å². The third kappa shape index (κ3) is 7.60. The zero-order chi connectivity index (χ0) is 30.0. The van der Waals surface area contributed by atoms with Gasteiger partial charge >= 0.3 is 25.5 Å². The number of ether oxygens (including phenoxy) is 4. The molecule has 0 N–H and O–H groups in total. The fourth-order valence-corrected chi connectivity index (χ4v) is 5.54. The van der Waals surface area contributed by atoms with Crippen molar-refractivity contribution in [2.45, 2.75) is 31.8 Å². The van der Waals surface area contributed by atoms with Crippen LogP contribution in [0.1, 0.15) is 44.9 Å². The van der Waals surface area contributed by atoms with Crippen molar-refractivity contribution in [3.05, 3.63) is 120 Å². The predicted molar refractivity (Wildman–Crippen MR) is 152 cm³/mol. The summed E-state index contributed by atoms with van der Waals surface area (Å²) in [5.41, 5.74) is -1.29. The van der Waals surface area contributed by atoms with Crippen molar-refractivity contribution in [3.63, 3.8) is 0 Å². The second-order valence-electron chi connectivity index (χ2n) is 9.04. The molecule has 220 valence electrons. The molecule has 1 fully saturated rings. The zero-order valence-electron chi connectivity index (χ0n) is 23.1. The molecule has 11 heteroatoms. The highest BCUT2D eigenvalue weighted by Gasteiger charge is 2.57. The Hall–Kier alpha value is -4.08. The summed E-state index contributed by atoms with van der Waals surface area (Å²) in [6, 6.07) is 24.4. The fourth-order valence-electron chi connectivity index (χ4n) is 4.14. The van der Waals surface area contributed by atoms with Crippen LogP contribution in [-0.2, 0) is 32.6 Å². The van der Waals surface area contributed by atoms with Gasteiger partial charge in [0, 0.05) is 5.82 Å². The predicted octanol–water partition coefficient (Wildman–Crippen LogP) is 5.80. The van der Waals surface area contributed by atoms with Gasteiger partial charge in [-0.2, -0.15) is 0 Å². The number of rotatable bonds is 12. The molecule has 1 aliphatic heterocycles. The van der Waals surface area contributed by atoms with Gasteiger partial charge < -0.3 is 28.0 Å². The first kappa shape index (κ1) is 30.9. The maximum Gasteiger partial charge on any atom is 0.353 e. The van der Waals surface area contributed by atoms with Crippen LogP contribution in [0.4, 0.5) is 0 Å². The molecular formula is C31H31O10P. The Morgan fingerprint density at radius 1 is 0.762 bits per heavy atom. The lowest BCUT2D eigenvalue weighted by Gasteiger charge is -2.31. The SMILES string of the molecule is CCOP(=O)(/C=C/[C@@]1(OC(=O)c2ccccc2)CO[C@H](OC(=O)c2ccccc2)[C@@H]1OC(=O)c1ccccc1)OCC. The van der Waals surface area contributed by atoms with E-state index in [4.69, 9.17) is 28.0 Å². The minimum Gasteiger partial charge on any atom is -0.447 e. The van der Waals surface area contributed by atoms with E-state index in [9.17, 15) is 18.9 Å². The van der Waals surface area contributed by atoms with Gasteiger partial charge in [-0.05, 0) is 56.3 Å². The third-order valence-electron chi connectivity index (χ3n) is 6.13. The average molecular weight is 595 g/mol.